The molecule has 0 heterocycles. The number of rotatable bonds is 7. The Kier molecular flexibility index (Phi) is 7.77. The molecule has 0 saturated heterocycles. The topological polar surface area (TPSA) is 72.8 Å². The molecule has 3 rings (SSSR count). The average Bonchev–Trinajstić information content (AvgIpc) is 3.00. The molecule has 0 amide bonds. The number of aliphatic hydroxyl groups excluding tert-OH is 1. The second kappa shape index (κ2) is 9.66. The van der Waals surface area contributed by atoms with Gasteiger partial charge < -0.3 is 14.3 Å². The molecule has 1 N–H and O–H groups in total. The minimum atomic E-state index is -1.99. The number of Topliss-reactive ketones (excluding diaryl/α,β-unsaturated/α-hetero) is 1. The standard InChI is InChI=1S/C28H46O5Si/c1-9-11-17-28(25(31)32-10-2)22(29)15-13-19-12-14-20-21(33-34(7,8)26(3,4)5)16-18-27(20,6)24(30)23(19)28/h13,15,20-22,29H,9-12,14,16-18H2,1-8H3/t20-,21+,22+,27+,28-/m1/s1. The maximum Gasteiger partial charge on any atom is 0.319 e. The molecule has 3 aliphatic carbocycles. The molecule has 0 bridgehead atoms. The summed E-state index contributed by atoms with van der Waals surface area (Å²) in [5, 5.41) is 11.3. The van der Waals surface area contributed by atoms with Gasteiger partial charge in [-0.05, 0) is 68.7 Å². The highest BCUT2D eigenvalue weighted by Gasteiger charge is 2.60. The summed E-state index contributed by atoms with van der Waals surface area (Å²) in [4.78, 5) is 28.0. The van der Waals surface area contributed by atoms with Gasteiger partial charge in [0.1, 0.15) is 5.41 Å². The fourth-order valence-corrected chi connectivity index (χ4v) is 7.47. The lowest BCUT2D eigenvalue weighted by atomic mass is 9.62. The summed E-state index contributed by atoms with van der Waals surface area (Å²) >= 11 is 0. The lowest BCUT2D eigenvalue weighted by molar-refractivity contribution is -0.160. The first-order chi connectivity index (χ1) is 15.8. The van der Waals surface area contributed by atoms with Crippen molar-refractivity contribution in [1.29, 1.82) is 0 Å². The van der Waals surface area contributed by atoms with Crippen LogP contribution in [-0.4, -0.2) is 44.0 Å². The lowest BCUT2D eigenvalue weighted by Gasteiger charge is -2.42. The Bertz CT molecular complexity index is 867. The number of aliphatic hydroxyl groups is 1. The van der Waals surface area contributed by atoms with E-state index >= 15 is 0 Å². The van der Waals surface area contributed by atoms with Gasteiger partial charge in [-0.1, -0.05) is 59.6 Å². The Morgan fingerprint density at radius 1 is 1.24 bits per heavy atom. The van der Waals surface area contributed by atoms with Crippen molar-refractivity contribution < 1.29 is 23.9 Å². The van der Waals surface area contributed by atoms with Crippen molar-refractivity contribution in [2.75, 3.05) is 6.61 Å². The third-order valence-electron chi connectivity index (χ3n) is 9.25. The van der Waals surface area contributed by atoms with Gasteiger partial charge in [-0.15, -0.1) is 0 Å². The minimum absolute atomic E-state index is 0.0267. The van der Waals surface area contributed by atoms with Crippen LogP contribution in [0.3, 0.4) is 0 Å². The molecule has 1 fully saturated rings. The Balaban J connectivity index is 2.05. The normalized spacial score (nSPS) is 34.0. The summed E-state index contributed by atoms with van der Waals surface area (Å²) in [5.74, 6) is -0.328. The Hall–Kier alpha value is -1.24. The first kappa shape index (κ1) is 27.3. The molecule has 0 unspecified atom stereocenters. The van der Waals surface area contributed by atoms with Gasteiger partial charge in [0.25, 0.3) is 0 Å². The highest BCUT2D eigenvalue weighted by Crippen LogP contribution is 2.57. The Morgan fingerprint density at radius 3 is 2.50 bits per heavy atom. The molecule has 6 heteroatoms. The van der Waals surface area contributed by atoms with E-state index < -0.39 is 31.2 Å². The summed E-state index contributed by atoms with van der Waals surface area (Å²) in [5.41, 5.74) is -0.490. The van der Waals surface area contributed by atoms with E-state index in [4.69, 9.17) is 9.16 Å². The van der Waals surface area contributed by atoms with Crippen LogP contribution in [0, 0.1) is 16.7 Å². The van der Waals surface area contributed by atoms with Crippen LogP contribution in [0.15, 0.2) is 23.3 Å². The van der Waals surface area contributed by atoms with Crippen molar-refractivity contribution in [2.24, 2.45) is 16.7 Å². The second-order valence-corrected chi connectivity index (χ2v) is 17.1. The highest BCUT2D eigenvalue weighted by molar-refractivity contribution is 6.74. The molecule has 3 aliphatic rings. The van der Waals surface area contributed by atoms with E-state index in [-0.39, 0.29) is 29.5 Å². The average molecular weight is 491 g/mol. The van der Waals surface area contributed by atoms with Crippen molar-refractivity contribution >= 4 is 20.1 Å². The van der Waals surface area contributed by atoms with E-state index in [2.05, 4.69) is 47.7 Å². The number of hydrogen-bond acceptors (Lipinski definition) is 5. The molecule has 1 saturated carbocycles. The number of ether oxygens (including phenoxy) is 1. The summed E-state index contributed by atoms with van der Waals surface area (Å²) in [6.07, 6.45) is 7.80. The third kappa shape index (κ3) is 4.39. The zero-order valence-electron chi connectivity index (χ0n) is 22.6. The van der Waals surface area contributed by atoms with Crippen molar-refractivity contribution in [1.82, 2.24) is 0 Å². The molecule has 34 heavy (non-hydrogen) atoms. The van der Waals surface area contributed by atoms with Gasteiger partial charge in [0, 0.05) is 17.1 Å². The molecular weight excluding hydrogens is 444 g/mol. The first-order valence-electron chi connectivity index (χ1n) is 13.3. The van der Waals surface area contributed by atoms with Gasteiger partial charge in [-0.25, -0.2) is 0 Å². The van der Waals surface area contributed by atoms with E-state index in [1.807, 2.05) is 6.08 Å². The Morgan fingerprint density at radius 2 is 1.91 bits per heavy atom. The molecule has 5 nitrogen and oxygen atoms in total. The third-order valence-corrected chi connectivity index (χ3v) is 13.8. The van der Waals surface area contributed by atoms with E-state index in [9.17, 15) is 14.7 Å². The number of carbonyl (C=O) groups excluding carboxylic acids is 2. The molecule has 192 valence electrons. The van der Waals surface area contributed by atoms with Crippen LogP contribution >= 0.6 is 0 Å². The maximum atomic E-state index is 14.5. The number of ketones is 1. The quantitative estimate of drug-likeness (QED) is 0.344. The Labute approximate surface area is 207 Å². The van der Waals surface area contributed by atoms with Crippen LogP contribution in [-0.2, 0) is 18.8 Å². The summed E-state index contributed by atoms with van der Waals surface area (Å²) in [6, 6.07) is 0. The number of carbonyl (C=O) groups is 2. The number of esters is 1. The van der Waals surface area contributed by atoms with E-state index in [1.54, 1.807) is 13.0 Å². The molecule has 5 atom stereocenters. The first-order valence-corrected chi connectivity index (χ1v) is 16.2. The van der Waals surface area contributed by atoms with Crippen molar-refractivity contribution in [2.45, 2.75) is 117 Å². The van der Waals surface area contributed by atoms with Crippen LogP contribution < -0.4 is 0 Å². The van der Waals surface area contributed by atoms with Gasteiger partial charge >= 0.3 is 5.97 Å². The van der Waals surface area contributed by atoms with Gasteiger partial charge in [0.15, 0.2) is 14.1 Å². The summed E-state index contributed by atoms with van der Waals surface area (Å²) in [7, 11) is -1.99. The highest BCUT2D eigenvalue weighted by atomic mass is 28.4. The molecule has 0 aliphatic heterocycles. The number of hydrogen-bond donors (Lipinski definition) is 1. The SMILES string of the molecule is CCCC[C@]1(C(=O)OCC)C2=C(C=C[C@@H]1O)CC[C@@H]1[C@@H](O[Si](C)(C)C(C)(C)C)CC[C@]1(C)C2=O. The number of unbranched alkanes of at least 4 members (excludes halogenated alkanes) is 1. The maximum absolute atomic E-state index is 14.5. The summed E-state index contributed by atoms with van der Waals surface area (Å²) < 4.78 is 12.4. The monoisotopic (exact) mass is 490 g/mol. The van der Waals surface area contributed by atoms with E-state index in [0.29, 0.717) is 12.0 Å². The lowest BCUT2D eigenvalue weighted by Crippen LogP contribution is -2.51. The smallest absolute Gasteiger partial charge is 0.319 e. The predicted molar refractivity (Wildman–Crippen MR) is 138 cm³/mol. The predicted octanol–water partition coefficient (Wildman–Crippen LogP) is 6.12. The van der Waals surface area contributed by atoms with Crippen molar-refractivity contribution in [3.05, 3.63) is 23.3 Å². The van der Waals surface area contributed by atoms with Gasteiger partial charge in [0.2, 0.25) is 0 Å². The second-order valence-electron chi connectivity index (χ2n) is 12.3. The molecular formula is C28H46O5Si. The largest absolute Gasteiger partial charge is 0.465 e. The molecule has 0 aromatic heterocycles. The van der Waals surface area contributed by atoms with Crippen LogP contribution in [0.25, 0.3) is 0 Å². The van der Waals surface area contributed by atoms with Crippen LogP contribution in [0.4, 0.5) is 0 Å². The van der Waals surface area contributed by atoms with Crippen LogP contribution in [0.1, 0.15) is 86.5 Å². The fraction of sp³-hybridized carbons (Fsp3) is 0.786. The molecule has 0 aromatic carbocycles. The van der Waals surface area contributed by atoms with E-state index in [0.717, 1.165) is 44.1 Å². The van der Waals surface area contributed by atoms with Crippen LogP contribution in [0.5, 0.6) is 0 Å². The molecule has 0 aromatic rings. The van der Waals surface area contributed by atoms with Crippen LogP contribution in [0.2, 0.25) is 18.1 Å². The van der Waals surface area contributed by atoms with Crippen molar-refractivity contribution in [3.63, 3.8) is 0 Å². The number of fused-ring (bicyclic) bond motifs is 1. The number of allylic oxidation sites excluding steroid dienone is 2. The molecule has 0 radical (unpaired) electrons. The van der Waals surface area contributed by atoms with E-state index in [1.165, 1.54) is 0 Å². The summed E-state index contributed by atoms with van der Waals surface area (Å²) in [6.45, 7) is 17.4. The van der Waals surface area contributed by atoms with Gasteiger partial charge in [0.05, 0.1) is 12.7 Å². The zero-order chi connectivity index (χ0) is 25.5. The minimum Gasteiger partial charge on any atom is -0.465 e. The van der Waals surface area contributed by atoms with Gasteiger partial charge in [-0.2, -0.15) is 0 Å². The van der Waals surface area contributed by atoms with Gasteiger partial charge in [-0.3, -0.25) is 9.59 Å². The molecule has 0 spiro atoms. The van der Waals surface area contributed by atoms with Crippen molar-refractivity contribution in [3.8, 4) is 0 Å². The fourth-order valence-electron chi connectivity index (χ4n) is 6.08. The zero-order valence-corrected chi connectivity index (χ0v) is 23.6.